The summed E-state index contributed by atoms with van der Waals surface area (Å²) in [5.74, 6) is 1.15. The minimum Gasteiger partial charge on any atom is -0.497 e. The molecule has 3 rings (SSSR count). The Morgan fingerprint density at radius 2 is 1.88 bits per heavy atom. The summed E-state index contributed by atoms with van der Waals surface area (Å²) in [7, 11) is -1.43. The lowest BCUT2D eigenvalue weighted by molar-refractivity contribution is 0.320. The Morgan fingerprint density at radius 3 is 2.46 bits per heavy atom. The molecule has 1 aromatic carbocycles. The van der Waals surface area contributed by atoms with E-state index in [9.17, 15) is 8.42 Å². The van der Waals surface area contributed by atoms with Crippen LogP contribution in [0, 0.1) is 0 Å². The summed E-state index contributed by atoms with van der Waals surface area (Å²) in [6.07, 6.45) is 3.64. The maximum Gasteiger partial charge on any atom is 0.211 e. The van der Waals surface area contributed by atoms with Crippen LogP contribution in [-0.2, 0) is 16.4 Å². The largest absolute Gasteiger partial charge is 0.497 e. The number of hydrogen-bond donors (Lipinski definition) is 0. The first-order chi connectivity index (χ1) is 11.5. The smallest absolute Gasteiger partial charge is 0.211 e. The third kappa shape index (κ3) is 4.12. The molecule has 2 heterocycles. The molecule has 0 spiro atoms. The number of piperidine rings is 1. The lowest BCUT2D eigenvalue weighted by atomic mass is 9.99. The highest BCUT2D eigenvalue weighted by molar-refractivity contribution is 7.88. The van der Waals surface area contributed by atoms with Crippen LogP contribution in [0.15, 0.2) is 24.3 Å². The summed E-state index contributed by atoms with van der Waals surface area (Å²) in [6, 6.07) is 7.95. The molecule has 0 unspecified atom stereocenters. The molecule has 0 aliphatic carbocycles. The first-order valence-electron chi connectivity index (χ1n) is 7.86. The van der Waals surface area contributed by atoms with E-state index in [-0.39, 0.29) is 0 Å². The van der Waals surface area contributed by atoms with E-state index >= 15 is 0 Å². The molecule has 6 nitrogen and oxygen atoms in total. The molecule has 8 heteroatoms. The average molecular weight is 367 g/mol. The number of benzene rings is 1. The molecule has 0 amide bonds. The van der Waals surface area contributed by atoms with Crippen molar-refractivity contribution in [3.05, 3.63) is 39.8 Å². The van der Waals surface area contributed by atoms with Gasteiger partial charge in [-0.25, -0.2) is 12.7 Å². The lowest BCUT2D eigenvalue weighted by Crippen LogP contribution is -2.37. The fraction of sp³-hybridized carbons (Fsp3) is 0.500. The molecular weight excluding hydrogens is 346 g/mol. The zero-order chi connectivity index (χ0) is 17.2. The second-order valence-electron chi connectivity index (χ2n) is 6.00. The van der Waals surface area contributed by atoms with Crippen LogP contribution in [0.5, 0.6) is 5.75 Å². The molecule has 0 N–H and O–H groups in total. The fourth-order valence-corrected chi connectivity index (χ4v) is 4.78. The highest BCUT2D eigenvalue weighted by atomic mass is 32.2. The van der Waals surface area contributed by atoms with Gasteiger partial charge < -0.3 is 4.74 Å². The van der Waals surface area contributed by atoms with Gasteiger partial charge in [0.15, 0.2) is 0 Å². The maximum atomic E-state index is 11.6. The standard InChI is InChI=1S/C16H21N3O3S2/c1-22-14-5-3-12(4-6-14)11-15-17-18-16(23-15)13-7-9-19(10-8-13)24(2,20)21/h3-6,13H,7-11H2,1-2H3. The molecule has 130 valence electrons. The molecule has 2 aromatic rings. The van der Waals surface area contributed by atoms with E-state index in [1.54, 1.807) is 22.8 Å². The minimum absolute atomic E-state index is 0.310. The van der Waals surface area contributed by atoms with Gasteiger partial charge in [0.25, 0.3) is 0 Å². The summed E-state index contributed by atoms with van der Waals surface area (Å²) >= 11 is 1.63. The van der Waals surface area contributed by atoms with Crippen LogP contribution in [0.25, 0.3) is 0 Å². The predicted molar refractivity (Wildman–Crippen MR) is 94.1 cm³/mol. The summed E-state index contributed by atoms with van der Waals surface area (Å²) in [5.41, 5.74) is 1.17. The third-order valence-electron chi connectivity index (χ3n) is 4.27. The topological polar surface area (TPSA) is 72.4 Å². The van der Waals surface area contributed by atoms with Gasteiger partial charge in [0, 0.05) is 25.4 Å². The molecule has 0 atom stereocenters. The van der Waals surface area contributed by atoms with Crippen molar-refractivity contribution in [1.82, 2.24) is 14.5 Å². The Balaban J connectivity index is 1.61. The molecule has 24 heavy (non-hydrogen) atoms. The Hall–Kier alpha value is -1.51. The number of rotatable bonds is 5. The van der Waals surface area contributed by atoms with Gasteiger partial charge in [0.2, 0.25) is 10.0 Å². The van der Waals surface area contributed by atoms with Crippen molar-refractivity contribution in [2.45, 2.75) is 25.2 Å². The average Bonchev–Trinajstić information content (AvgIpc) is 3.03. The van der Waals surface area contributed by atoms with Gasteiger partial charge in [-0.05, 0) is 30.5 Å². The van der Waals surface area contributed by atoms with Crippen molar-refractivity contribution in [3.8, 4) is 5.75 Å². The third-order valence-corrected chi connectivity index (χ3v) is 6.66. The van der Waals surface area contributed by atoms with Gasteiger partial charge in [-0.15, -0.1) is 21.5 Å². The SMILES string of the molecule is COc1ccc(Cc2nnc(C3CCN(S(C)(=O)=O)CC3)s2)cc1. The first-order valence-corrected chi connectivity index (χ1v) is 10.5. The number of methoxy groups -OCH3 is 1. The van der Waals surface area contributed by atoms with E-state index in [0.717, 1.165) is 35.0 Å². The van der Waals surface area contributed by atoms with Crippen LogP contribution in [0.1, 0.15) is 34.3 Å². The normalized spacial score (nSPS) is 17.1. The van der Waals surface area contributed by atoms with Crippen molar-refractivity contribution in [2.75, 3.05) is 26.5 Å². The van der Waals surface area contributed by atoms with Crippen LogP contribution >= 0.6 is 11.3 Å². The van der Waals surface area contributed by atoms with Crippen LogP contribution in [-0.4, -0.2) is 49.4 Å². The second-order valence-corrected chi connectivity index (χ2v) is 9.07. The fourth-order valence-electron chi connectivity index (χ4n) is 2.86. The number of nitrogens with zero attached hydrogens (tertiary/aromatic N) is 3. The van der Waals surface area contributed by atoms with E-state index in [1.807, 2.05) is 24.3 Å². The van der Waals surface area contributed by atoms with Gasteiger partial charge in [-0.3, -0.25) is 0 Å². The first kappa shape index (κ1) is 17.3. The monoisotopic (exact) mass is 367 g/mol. The van der Waals surface area contributed by atoms with Crippen molar-refractivity contribution >= 4 is 21.4 Å². The van der Waals surface area contributed by atoms with Crippen molar-refractivity contribution < 1.29 is 13.2 Å². The molecule has 1 aromatic heterocycles. The van der Waals surface area contributed by atoms with Crippen LogP contribution in [0.3, 0.4) is 0 Å². The molecule has 0 bridgehead atoms. The molecular formula is C16H21N3O3S2. The summed E-state index contributed by atoms with van der Waals surface area (Å²) in [6.45, 7) is 1.13. The Labute approximate surface area is 146 Å². The van der Waals surface area contributed by atoms with E-state index < -0.39 is 10.0 Å². The summed E-state index contributed by atoms with van der Waals surface area (Å²) in [4.78, 5) is 0. The van der Waals surface area contributed by atoms with Crippen LogP contribution in [0.2, 0.25) is 0 Å². The second kappa shape index (κ2) is 7.16. The number of ether oxygens (including phenoxy) is 1. The Morgan fingerprint density at radius 1 is 1.21 bits per heavy atom. The van der Waals surface area contributed by atoms with Gasteiger partial charge >= 0.3 is 0 Å². The molecule has 1 saturated heterocycles. The molecule has 0 saturated carbocycles. The van der Waals surface area contributed by atoms with Gasteiger partial charge in [0.1, 0.15) is 15.8 Å². The number of hydrogen-bond acceptors (Lipinski definition) is 6. The highest BCUT2D eigenvalue weighted by Crippen LogP contribution is 2.31. The zero-order valence-electron chi connectivity index (χ0n) is 13.8. The van der Waals surface area contributed by atoms with Gasteiger partial charge in [0.05, 0.1) is 13.4 Å². The molecule has 1 fully saturated rings. The van der Waals surface area contributed by atoms with E-state index in [1.165, 1.54) is 11.8 Å². The van der Waals surface area contributed by atoms with Gasteiger partial charge in [-0.1, -0.05) is 12.1 Å². The number of aromatic nitrogens is 2. The Kier molecular flexibility index (Phi) is 5.17. The zero-order valence-corrected chi connectivity index (χ0v) is 15.4. The van der Waals surface area contributed by atoms with E-state index in [4.69, 9.17) is 4.74 Å². The molecule has 1 aliphatic rings. The molecule has 1 aliphatic heterocycles. The van der Waals surface area contributed by atoms with Crippen molar-refractivity contribution in [3.63, 3.8) is 0 Å². The van der Waals surface area contributed by atoms with Crippen molar-refractivity contribution in [1.29, 1.82) is 0 Å². The van der Waals surface area contributed by atoms with Gasteiger partial charge in [-0.2, -0.15) is 0 Å². The summed E-state index contributed by atoms with van der Waals surface area (Å²) in [5, 5.41) is 10.6. The Bertz CT molecular complexity index is 779. The quantitative estimate of drug-likeness (QED) is 0.811. The number of sulfonamides is 1. The van der Waals surface area contributed by atoms with Crippen LogP contribution < -0.4 is 4.74 Å². The highest BCUT2D eigenvalue weighted by Gasteiger charge is 2.27. The minimum atomic E-state index is -3.08. The van der Waals surface area contributed by atoms with Crippen molar-refractivity contribution in [2.24, 2.45) is 0 Å². The molecule has 0 radical (unpaired) electrons. The van der Waals surface area contributed by atoms with E-state index in [0.29, 0.717) is 19.0 Å². The van der Waals surface area contributed by atoms with Crippen LogP contribution in [0.4, 0.5) is 0 Å². The lowest BCUT2D eigenvalue weighted by Gasteiger charge is -2.28. The summed E-state index contributed by atoms with van der Waals surface area (Å²) < 4.78 is 29.9. The maximum absolute atomic E-state index is 11.6. The van der Waals surface area contributed by atoms with E-state index in [2.05, 4.69) is 10.2 Å². The predicted octanol–water partition coefficient (Wildman–Crippen LogP) is 2.28.